The Hall–Kier alpha value is -3.68. The second-order valence-electron chi connectivity index (χ2n) is 5.76. The molecule has 8 nitrogen and oxygen atoms in total. The predicted molar refractivity (Wildman–Crippen MR) is 95.9 cm³/mol. The first kappa shape index (κ1) is 15.8. The lowest BCUT2D eigenvalue weighted by molar-refractivity contribution is -0.384. The summed E-state index contributed by atoms with van der Waals surface area (Å²) in [4.78, 5) is 15.0. The van der Waals surface area contributed by atoms with E-state index in [2.05, 4.69) is 15.4 Å². The molecule has 0 radical (unpaired) electrons. The van der Waals surface area contributed by atoms with Crippen molar-refractivity contribution in [2.45, 2.75) is 6.04 Å². The molecule has 1 N–H and O–H groups in total. The van der Waals surface area contributed by atoms with E-state index >= 15 is 0 Å². The number of non-ortho nitro benzene ring substituents is 1. The van der Waals surface area contributed by atoms with Gasteiger partial charge >= 0.3 is 0 Å². The summed E-state index contributed by atoms with van der Waals surface area (Å²) >= 11 is 0. The largest absolute Gasteiger partial charge is 0.497 e. The standard InChI is InChI=1S/C18H15N5O3/c1-26-15-7-3-4-12(9-15)16-10-17(22-18(21-16)19-11-20-22)13-5-2-6-14(8-13)23(24)25/h2-11,17H,1H3,(H,19,20,21)/t17-/m0/s1. The van der Waals surface area contributed by atoms with Gasteiger partial charge in [-0.05, 0) is 23.8 Å². The molecule has 1 aromatic heterocycles. The monoisotopic (exact) mass is 349 g/mol. The SMILES string of the molecule is COc1cccc(C2=C[C@@H](c3cccc([N+](=O)[O-])c3)n3ncnc3N2)c1. The number of ether oxygens (including phenoxy) is 1. The zero-order valence-corrected chi connectivity index (χ0v) is 13.9. The second-order valence-corrected chi connectivity index (χ2v) is 5.76. The minimum Gasteiger partial charge on any atom is -0.497 e. The Bertz CT molecular complexity index is 1010. The Labute approximate surface area is 148 Å². The van der Waals surface area contributed by atoms with Crippen molar-refractivity contribution < 1.29 is 9.66 Å². The van der Waals surface area contributed by atoms with Crippen LogP contribution >= 0.6 is 0 Å². The van der Waals surface area contributed by atoms with Crippen molar-refractivity contribution in [3.05, 3.63) is 82.2 Å². The van der Waals surface area contributed by atoms with Crippen LogP contribution in [0.25, 0.3) is 5.70 Å². The molecule has 0 bridgehead atoms. The third-order valence-corrected chi connectivity index (χ3v) is 4.21. The summed E-state index contributed by atoms with van der Waals surface area (Å²) in [6.07, 6.45) is 3.42. The van der Waals surface area contributed by atoms with Crippen LogP contribution in [-0.4, -0.2) is 26.8 Å². The van der Waals surface area contributed by atoms with E-state index in [4.69, 9.17) is 4.74 Å². The van der Waals surface area contributed by atoms with E-state index in [0.29, 0.717) is 5.95 Å². The molecule has 0 fully saturated rings. The third-order valence-electron chi connectivity index (χ3n) is 4.21. The number of hydrogen-bond acceptors (Lipinski definition) is 6. The Morgan fingerprint density at radius 3 is 2.88 bits per heavy atom. The van der Waals surface area contributed by atoms with Gasteiger partial charge in [-0.3, -0.25) is 10.1 Å². The highest BCUT2D eigenvalue weighted by molar-refractivity contribution is 5.77. The summed E-state index contributed by atoms with van der Waals surface area (Å²) < 4.78 is 6.99. The van der Waals surface area contributed by atoms with Crippen LogP contribution in [0.1, 0.15) is 17.2 Å². The van der Waals surface area contributed by atoms with Crippen molar-refractivity contribution in [1.82, 2.24) is 14.8 Å². The normalized spacial score (nSPS) is 15.6. The van der Waals surface area contributed by atoms with Crippen molar-refractivity contribution in [3.8, 4) is 5.75 Å². The van der Waals surface area contributed by atoms with Crippen LogP contribution in [-0.2, 0) is 0 Å². The van der Waals surface area contributed by atoms with Gasteiger partial charge < -0.3 is 10.1 Å². The molecule has 1 aliphatic heterocycles. The fourth-order valence-electron chi connectivity index (χ4n) is 2.95. The van der Waals surface area contributed by atoms with Gasteiger partial charge in [-0.25, -0.2) is 4.68 Å². The molecule has 26 heavy (non-hydrogen) atoms. The van der Waals surface area contributed by atoms with E-state index in [-0.39, 0.29) is 11.7 Å². The number of fused-ring (bicyclic) bond motifs is 1. The highest BCUT2D eigenvalue weighted by Crippen LogP contribution is 2.33. The summed E-state index contributed by atoms with van der Waals surface area (Å²) in [7, 11) is 1.62. The minimum absolute atomic E-state index is 0.0408. The van der Waals surface area contributed by atoms with Crippen LogP contribution in [0.4, 0.5) is 11.6 Å². The highest BCUT2D eigenvalue weighted by Gasteiger charge is 2.24. The zero-order chi connectivity index (χ0) is 18.1. The molecule has 3 aromatic rings. The van der Waals surface area contributed by atoms with Crippen LogP contribution < -0.4 is 10.1 Å². The highest BCUT2D eigenvalue weighted by atomic mass is 16.6. The van der Waals surface area contributed by atoms with Crippen LogP contribution in [0.15, 0.2) is 60.9 Å². The maximum absolute atomic E-state index is 11.1. The molecular formula is C18H15N5O3. The minimum atomic E-state index is -0.403. The Balaban J connectivity index is 1.81. The van der Waals surface area contributed by atoms with E-state index in [9.17, 15) is 10.1 Å². The van der Waals surface area contributed by atoms with E-state index in [1.165, 1.54) is 12.4 Å². The van der Waals surface area contributed by atoms with Gasteiger partial charge in [0.05, 0.1) is 12.0 Å². The van der Waals surface area contributed by atoms with E-state index < -0.39 is 4.92 Å². The molecular weight excluding hydrogens is 334 g/mol. The number of aromatic nitrogens is 3. The number of allylic oxidation sites excluding steroid dienone is 1. The summed E-state index contributed by atoms with van der Waals surface area (Å²) in [6, 6.07) is 13.9. The number of benzene rings is 2. The summed E-state index contributed by atoms with van der Waals surface area (Å²) in [5, 5.41) is 18.6. The van der Waals surface area contributed by atoms with E-state index in [1.54, 1.807) is 23.9 Å². The molecule has 2 heterocycles. The first-order valence-corrected chi connectivity index (χ1v) is 7.93. The Morgan fingerprint density at radius 1 is 1.23 bits per heavy atom. The van der Waals surface area contributed by atoms with Gasteiger partial charge in [0.15, 0.2) is 0 Å². The number of nitro benzene ring substituents is 1. The summed E-state index contributed by atoms with van der Waals surface area (Å²) in [6.45, 7) is 0. The van der Waals surface area contributed by atoms with Crippen molar-refractivity contribution in [3.63, 3.8) is 0 Å². The maximum Gasteiger partial charge on any atom is 0.269 e. The average Bonchev–Trinajstić information content (AvgIpc) is 3.16. The topological polar surface area (TPSA) is 95.1 Å². The third kappa shape index (κ3) is 2.77. The lowest BCUT2D eigenvalue weighted by atomic mass is 10.0. The number of nitrogens with one attached hydrogen (secondary N) is 1. The molecule has 0 amide bonds. The molecule has 0 spiro atoms. The molecule has 0 aliphatic carbocycles. The first-order valence-electron chi connectivity index (χ1n) is 7.93. The molecule has 4 rings (SSSR count). The van der Waals surface area contributed by atoms with Crippen LogP contribution in [0.2, 0.25) is 0 Å². The fourth-order valence-corrected chi connectivity index (χ4v) is 2.95. The number of nitrogens with zero attached hydrogens (tertiary/aromatic N) is 4. The van der Waals surface area contributed by atoms with Crippen molar-refractivity contribution in [2.75, 3.05) is 12.4 Å². The first-order chi connectivity index (χ1) is 12.7. The molecule has 8 heteroatoms. The van der Waals surface area contributed by atoms with Gasteiger partial charge in [-0.1, -0.05) is 24.3 Å². The molecule has 0 unspecified atom stereocenters. The molecule has 0 saturated carbocycles. The summed E-state index contributed by atoms with van der Waals surface area (Å²) in [5.41, 5.74) is 2.56. The van der Waals surface area contributed by atoms with Crippen molar-refractivity contribution in [2.24, 2.45) is 0 Å². The van der Waals surface area contributed by atoms with Crippen molar-refractivity contribution >= 4 is 17.3 Å². The van der Waals surface area contributed by atoms with Gasteiger partial charge in [0.25, 0.3) is 5.69 Å². The number of nitro groups is 1. The van der Waals surface area contributed by atoms with Crippen LogP contribution in [0.3, 0.4) is 0 Å². The number of hydrogen-bond donors (Lipinski definition) is 1. The van der Waals surface area contributed by atoms with Crippen molar-refractivity contribution in [1.29, 1.82) is 0 Å². The number of anilines is 1. The predicted octanol–water partition coefficient (Wildman–Crippen LogP) is 3.25. The van der Waals surface area contributed by atoms with Gasteiger partial charge in [0.1, 0.15) is 18.1 Å². The Kier molecular flexibility index (Phi) is 3.85. The molecule has 2 aromatic carbocycles. The fraction of sp³-hybridized carbons (Fsp3) is 0.111. The lowest BCUT2D eigenvalue weighted by Gasteiger charge is -2.24. The second kappa shape index (κ2) is 6.32. The molecule has 130 valence electrons. The van der Waals surface area contributed by atoms with Crippen LogP contribution in [0.5, 0.6) is 5.75 Å². The molecule has 1 aliphatic rings. The summed E-state index contributed by atoms with van der Waals surface area (Å²) in [5.74, 6) is 1.31. The molecule has 0 saturated heterocycles. The number of rotatable bonds is 4. The molecule has 1 atom stereocenters. The smallest absolute Gasteiger partial charge is 0.269 e. The Morgan fingerprint density at radius 2 is 2.08 bits per heavy atom. The zero-order valence-electron chi connectivity index (χ0n) is 13.9. The quantitative estimate of drug-likeness (QED) is 0.574. The van der Waals surface area contributed by atoms with E-state index in [1.807, 2.05) is 36.4 Å². The van der Waals surface area contributed by atoms with Gasteiger partial charge in [-0.15, -0.1) is 0 Å². The van der Waals surface area contributed by atoms with Gasteiger partial charge in [0.2, 0.25) is 5.95 Å². The maximum atomic E-state index is 11.1. The average molecular weight is 349 g/mol. The number of methoxy groups -OCH3 is 1. The van der Waals surface area contributed by atoms with Crippen LogP contribution in [0, 0.1) is 10.1 Å². The van der Waals surface area contributed by atoms with Gasteiger partial charge in [0, 0.05) is 23.4 Å². The lowest BCUT2D eigenvalue weighted by Crippen LogP contribution is -2.20. The van der Waals surface area contributed by atoms with Gasteiger partial charge in [-0.2, -0.15) is 10.1 Å². The van der Waals surface area contributed by atoms with E-state index in [0.717, 1.165) is 22.6 Å².